The molecule has 3 aliphatic rings. The molecule has 1 saturated carbocycles. The van der Waals surface area contributed by atoms with E-state index in [0.717, 1.165) is 26.2 Å². The van der Waals surface area contributed by atoms with Crippen LogP contribution < -0.4 is 0 Å². The predicted molar refractivity (Wildman–Crippen MR) is 74.0 cm³/mol. The van der Waals surface area contributed by atoms with Gasteiger partial charge in [-0.2, -0.15) is 0 Å². The molecule has 0 N–H and O–H groups in total. The van der Waals surface area contributed by atoms with Gasteiger partial charge in [-0.25, -0.2) is 0 Å². The fourth-order valence-corrected chi connectivity index (χ4v) is 3.96. The highest BCUT2D eigenvalue weighted by Crippen LogP contribution is 2.46. The Labute approximate surface area is 116 Å². The van der Waals surface area contributed by atoms with Gasteiger partial charge in [-0.1, -0.05) is 12.8 Å². The Bertz CT molecular complexity index is 329. The number of likely N-dealkylation sites (N-methyl/N-ethyl adjacent to an activating group) is 1. The van der Waals surface area contributed by atoms with Crippen LogP contribution in [0.5, 0.6) is 0 Å². The summed E-state index contributed by atoms with van der Waals surface area (Å²) >= 11 is 0. The normalized spacial score (nSPS) is 31.8. The molecule has 19 heavy (non-hydrogen) atoms. The minimum atomic E-state index is -0.226. The molecule has 1 atom stereocenters. The Kier molecular flexibility index (Phi) is 3.81. The summed E-state index contributed by atoms with van der Waals surface area (Å²) in [6.45, 7) is 4.27. The molecule has 3 rings (SSSR count). The van der Waals surface area contributed by atoms with E-state index in [1.807, 2.05) is 4.90 Å². The van der Waals surface area contributed by atoms with E-state index in [-0.39, 0.29) is 12.0 Å². The monoisotopic (exact) mass is 266 g/mol. The van der Waals surface area contributed by atoms with E-state index >= 15 is 0 Å². The molecule has 0 aromatic rings. The lowest BCUT2D eigenvalue weighted by atomic mass is 9.77. The minimum absolute atomic E-state index is 0.222. The number of morpholine rings is 1. The van der Waals surface area contributed by atoms with Crippen molar-refractivity contribution < 1.29 is 9.53 Å². The van der Waals surface area contributed by atoms with Gasteiger partial charge in [0.05, 0.1) is 6.61 Å². The summed E-state index contributed by atoms with van der Waals surface area (Å²) in [5.74, 6) is 0.222. The second-order valence-electron chi connectivity index (χ2n) is 6.65. The second-order valence-corrected chi connectivity index (χ2v) is 6.65. The SMILES string of the molecule is CN1CCO[C@H](C(=O)N2CCC3(CCCC3)CC2)C1. The van der Waals surface area contributed by atoms with Gasteiger partial charge in [0.25, 0.3) is 5.91 Å². The van der Waals surface area contributed by atoms with Crippen LogP contribution in [0, 0.1) is 5.41 Å². The van der Waals surface area contributed by atoms with Gasteiger partial charge in [-0.15, -0.1) is 0 Å². The van der Waals surface area contributed by atoms with E-state index in [1.54, 1.807) is 0 Å². The molecule has 0 radical (unpaired) electrons. The van der Waals surface area contributed by atoms with Crippen molar-refractivity contribution in [2.45, 2.75) is 44.6 Å². The zero-order valence-electron chi connectivity index (χ0n) is 12.1. The molecule has 4 nitrogen and oxygen atoms in total. The maximum atomic E-state index is 12.5. The summed E-state index contributed by atoms with van der Waals surface area (Å²) in [6.07, 6.45) is 7.75. The lowest BCUT2D eigenvalue weighted by Gasteiger charge is -2.41. The van der Waals surface area contributed by atoms with Crippen molar-refractivity contribution in [1.82, 2.24) is 9.80 Å². The Hall–Kier alpha value is -0.610. The van der Waals surface area contributed by atoms with E-state index in [2.05, 4.69) is 11.9 Å². The number of amides is 1. The molecular weight excluding hydrogens is 240 g/mol. The first-order chi connectivity index (χ1) is 9.19. The van der Waals surface area contributed by atoms with Crippen LogP contribution in [-0.2, 0) is 9.53 Å². The maximum Gasteiger partial charge on any atom is 0.253 e. The Morgan fingerprint density at radius 1 is 1.11 bits per heavy atom. The third kappa shape index (κ3) is 2.79. The summed E-state index contributed by atoms with van der Waals surface area (Å²) in [7, 11) is 2.06. The van der Waals surface area contributed by atoms with Crippen LogP contribution in [0.3, 0.4) is 0 Å². The van der Waals surface area contributed by atoms with Crippen LogP contribution in [0.2, 0.25) is 0 Å². The van der Waals surface area contributed by atoms with Crippen molar-refractivity contribution in [3.05, 3.63) is 0 Å². The highest BCUT2D eigenvalue weighted by molar-refractivity contribution is 5.81. The zero-order valence-corrected chi connectivity index (χ0v) is 12.1. The van der Waals surface area contributed by atoms with Gasteiger partial charge < -0.3 is 14.5 Å². The summed E-state index contributed by atoms with van der Waals surface area (Å²) < 4.78 is 5.65. The number of carbonyl (C=O) groups is 1. The Morgan fingerprint density at radius 3 is 2.42 bits per heavy atom. The molecule has 2 saturated heterocycles. The van der Waals surface area contributed by atoms with Gasteiger partial charge in [0.15, 0.2) is 0 Å². The smallest absolute Gasteiger partial charge is 0.253 e. The van der Waals surface area contributed by atoms with Crippen LogP contribution in [0.4, 0.5) is 0 Å². The number of nitrogens with zero attached hydrogens (tertiary/aromatic N) is 2. The quantitative estimate of drug-likeness (QED) is 0.721. The first-order valence-electron chi connectivity index (χ1n) is 7.78. The molecule has 1 spiro atoms. The number of likely N-dealkylation sites (tertiary alicyclic amines) is 1. The van der Waals surface area contributed by atoms with Gasteiger partial charge in [0.1, 0.15) is 6.10 Å². The molecule has 1 aliphatic carbocycles. The Morgan fingerprint density at radius 2 is 1.79 bits per heavy atom. The average Bonchev–Trinajstić information content (AvgIpc) is 2.87. The number of hydrogen-bond donors (Lipinski definition) is 0. The number of piperidine rings is 1. The largest absolute Gasteiger partial charge is 0.366 e. The number of carbonyl (C=O) groups excluding carboxylic acids is 1. The first-order valence-corrected chi connectivity index (χ1v) is 7.78. The summed E-state index contributed by atoms with van der Waals surface area (Å²) in [5.41, 5.74) is 0.584. The molecule has 2 aliphatic heterocycles. The lowest BCUT2D eigenvalue weighted by Crippen LogP contribution is -2.52. The van der Waals surface area contributed by atoms with E-state index in [0.29, 0.717) is 12.0 Å². The van der Waals surface area contributed by atoms with Crippen molar-refractivity contribution in [3.8, 4) is 0 Å². The summed E-state index contributed by atoms with van der Waals surface area (Å²) in [4.78, 5) is 16.7. The van der Waals surface area contributed by atoms with Crippen molar-refractivity contribution in [1.29, 1.82) is 0 Å². The second kappa shape index (κ2) is 5.41. The van der Waals surface area contributed by atoms with Crippen LogP contribution >= 0.6 is 0 Å². The van der Waals surface area contributed by atoms with Gasteiger partial charge >= 0.3 is 0 Å². The molecule has 0 bridgehead atoms. The molecule has 1 amide bonds. The van der Waals surface area contributed by atoms with Gasteiger partial charge in [-0.05, 0) is 38.1 Å². The van der Waals surface area contributed by atoms with Crippen LogP contribution in [0.1, 0.15) is 38.5 Å². The molecule has 3 fully saturated rings. The molecule has 108 valence electrons. The summed E-state index contributed by atoms with van der Waals surface area (Å²) in [6, 6.07) is 0. The third-order valence-electron chi connectivity index (χ3n) is 5.34. The van der Waals surface area contributed by atoms with Crippen molar-refractivity contribution in [2.75, 3.05) is 39.8 Å². The predicted octanol–water partition coefficient (Wildman–Crippen LogP) is 1.50. The van der Waals surface area contributed by atoms with E-state index in [4.69, 9.17) is 4.74 Å². The van der Waals surface area contributed by atoms with E-state index < -0.39 is 0 Å². The van der Waals surface area contributed by atoms with Gasteiger partial charge in [-0.3, -0.25) is 4.79 Å². The van der Waals surface area contributed by atoms with Crippen LogP contribution in [0.15, 0.2) is 0 Å². The number of rotatable bonds is 1. The Balaban J connectivity index is 1.54. The van der Waals surface area contributed by atoms with Crippen LogP contribution in [0.25, 0.3) is 0 Å². The lowest BCUT2D eigenvalue weighted by molar-refractivity contribution is -0.151. The van der Waals surface area contributed by atoms with Crippen molar-refractivity contribution >= 4 is 5.91 Å². The molecule has 4 heteroatoms. The van der Waals surface area contributed by atoms with Crippen molar-refractivity contribution in [2.24, 2.45) is 5.41 Å². The van der Waals surface area contributed by atoms with E-state index in [1.165, 1.54) is 38.5 Å². The zero-order chi connectivity index (χ0) is 13.3. The molecule has 0 aromatic heterocycles. The molecule has 0 aromatic carbocycles. The van der Waals surface area contributed by atoms with Gasteiger partial charge in [0.2, 0.25) is 0 Å². The first kappa shape index (κ1) is 13.4. The minimum Gasteiger partial charge on any atom is -0.366 e. The van der Waals surface area contributed by atoms with Crippen molar-refractivity contribution in [3.63, 3.8) is 0 Å². The van der Waals surface area contributed by atoms with Gasteiger partial charge in [0, 0.05) is 26.2 Å². The average molecular weight is 266 g/mol. The highest BCUT2D eigenvalue weighted by atomic mass is 16.5. The third-order valence-corrected chi connectivity index (χ3v) is 5.34. The number of ether oxygens (including phenoxy) is 1. The van der Waals surface area contributed by atoms with Crippen LogP contribution in [-0.4, -0.2) is 61.6 Å². The number of hydrogen-bond acceptors (Lipinski definition) is 3. The summed E-state index contributed by atoms with van der Waals surface area (Å²) in [5, 5.41) is 0. The molecule has 2 heterocycles. The standard InChI is InChI=1S/C15H26N2O2/c1-16-10-11-19-13(12-16)14(18)17-8-6-15(7-9-17)4-2-3-5-15/h13H,2-12H2,1H3/t13-/m0/s1. The fraction of sp³-hybridized carbons (Fsp3) is 0.933. The topological polar surface area (TPSA) is 32.8 Å². The van der Waals surface area contributed by atoms with E-state index in [9.17, 15) is 4.79 Å². The maximum absolute atomic E-state index is 12.5. The highest BCUT2D eigenvalue weighted by Gasteiger charge is 2.39. The molecule has 0 unspecified atom stereocenters. The fourth-order valence-electron chi connectivity index (χ4n) is 3.96. The molecular formula is C15H26N2O2.